The Morgan fingerprint density at radius 1 is 0.564 bits per heavy atom. The van der Waals surface area contributed by atoms with Crippen LogP contribution in [0.1, 0.15) is 28.4 Å². The highest BCUT2D eigenvalue weighted by atomic mass is 16.3. The zero-order chi connectivity index (χ0) is 36.3. The number of aliphatic imine (C=N–C) groups is 2. The molecule has 1 N–H and O–H groups in total. The number of hydrogen-bond donors (Lipinski definition) is 1. The molecule has 260 valence electrons. The molecular formula is C51H35N3O. The molecule has 2 heterocycles. The molecule has 1 aliphatic carbocycles. The van der Waals surface area contributed by atoms with Gasteiger partial charge in [0.2, 0.25) is 0 Å². The minimum atomic E-state index is -0.347. The second kappa shape index (κ2) is 12.8. The molecule has 11 rings (SSSR count). The molecule has 0 saturated heterocycles. The Balaban J connectivity index is 1.13. The standard InChI is InChI=1S/C51H35N3O/c1-2-10-32(11-3-1)34-18-24-37(25-19-34)49-52-50(40-27-20-33-12-4-5-14-38(33)30-40)54-51(53-49)48-42(28-29-46-47(48)43-16-8-9-17-45(43)55-46)39-26-23-36-22-21-35-13-6-7-15-41(35)44(36)31-39/h1-29,31,40,49H,30H2,(H,52,53,54). The van der Waals surface area contributed by atoms with E-state index in [2.05, 4.69) is 175 Å². The maximum atomic E-state index is 6.52. The molecule has 0 saturated carbocycles. The highest BCUT2D eigenvalue weighted by molar-refractivity contribution is 6.24. The van der Waals surface area contributed by atoms with E-state index in [1.165, 1.54) is 43.8 Å². The van der Waals surface area contributed by atoms with Gasteiger partial charge in [-0.1, -0.05) is 158 Å². The quantitative estimate of drug-likeness (QED) is 0.181. The second-order valence-electron chi connectivity index (χ2n) is 14.5. The van der Waals surface area contributed by atoms with Crippen LogP contribution in [-0.2, 0) is 6.42 Å². The molecule has 2 aliphatic rings. The third kappa shape index (κ3) is 5.45. The molecule has 9 aromatic rings. The van der Waals surface area contributed by atoms with Gasteiger partial charge in [-0.05, 0) is 91.2 Å². The zero-order valence-electron chi connectivity index (χ0n) is 30.0. The Morgan fingerprint density at radius 3 is 2.16 bits per heavy atom. The Hall–Kier alpha value is -7.04. The van der Waals surface area contributed by atoms with Crippen molar-refractivity contribution in [1.29, 1.82) is 0 Å². The molecule has 0 radical (unpaired) electrons. The van der Waals surface area contributed by atoms with Crippen LogP contribution in [-0.4, -0.2) is 11.7 Å². The average Bonchev–Trinajstić information content (AvgIpc) is 3.65. The summed E-state index contributed by atoms with van der Waals surface area (Å²) in [7, 11) is 0. The van der Waals surface area contributed by atoms with Gasteiger partial charge in [-0.25, -0.2) is 9.98 Å². The van der Waals surface area contributed by atoms with Crippen LogP contribution in [0.15, 0.2) is 190 Å². The molecule has 55 heavy (non-hydrogen) atoms. The summed E-state index contributed by atoms with van der Waals surface area (Å²) in [6.07, 6.45) is 5.03. The first-order valence-corrected chi connectivity index (χ1v) is 18.9. The van der Waals surface area contributed by atoms with E-state index in [1.54, 1.807) is 0 Å². The number of amidine groups is 2. The molecule has 2 unspecified atom stereocenters. The lowest BCUT2D eigenvalue weighted by molar-refractivity contribution is 0.640. The Kier molecular flexibility index (Phi) is 7.34. The van der Waals surface area contributed by atoms with Gasteiger partial charge in [0.05, 0.1) is 0 Å². The van der Waals surface area contributed by atoms with E-state index in [0.29, 0.717) is 5.84 Å². The maximum Gasteiger partial charge on any atom is 0.160 e. The molecule has 0 fully saturated rings. The fourth-order valence-corrected chi connectivity index (χ4v) is 8.48. The lowest BCUT2D eigenvalue weighted by Gasteiger charge is -2.29. The minimum Gasteiger partial charge on any atom is -0.456 e. The van der Waals surface area contributed by atoms with Gasteiger partial charge in [0.15, 0.2) is 5.84 Å². The van der Waals surface area contributed by atoms with Crippen LogP contribution in [0.3, 0.4) is 0 Å². The van der Waals surface area contributed by atoms with Gasteiger partial charge in [-0.15, -0.1) is 0 Å². The van der Waals surface area contributed by atoms with Crippen LogP contribution in [0.25, 0.3) is 71.8 Å². The first-order chi connectivity index (χ1) is 27.2. The maximum absolute atomic E-state index is 6.52. The normalized spacial score (nSPS) is 16.6. The van der Waals surface area contributed by atoms with E-state index in [0.717, 1.165) is 56.4 Å². The molecular weight excluding hydrogens is 671 g/mol. The van der Waals surface area contributed by atoms with Crippen LogP contribution in [0, 0.1) is 5.92 Å². The van der Waals surface area contributed by atoms with E-state index >= 15 is 0 Å². The molecule has 0 bridgehead atoms. The summed E-state index contributed by atoms with van der Waals surface area (Å²) in [6.45, 7) is 0. The van der Waals surface area contributed by atoms with Crippen LogP contribution in [0.2, 0.25) is 0 Å². The van der Waals surface area contributed by atoms with Crippen molar-refractivity contribution in [3.8, 4) is 22.3 Å². The van der Waals surface area contributed by atoms with Crippen molar-refractivity contribution in [2.75, 3.05) is 0 Å². The van der Waals surface area contributed by atoms with Gasteiger partial charge < -0.3 is 9.73 Å². The number of furan rings is 1. The fourth-order valence-electron chi connectivity index (χ4n) is 8.48. The zero-order valence-corrected chi connectivity index (χ0v) is 30.0. The monoisotopic (exact) mass is 705 g/mol. The summed E-state index contributed by atoms with van der Waals surface area (Å²) in [5, 5.41) is 10.8. The molecule has 0 amide bonds. The second-order valence-corrected chi connectivity index (χ2v) is 14.5. The summed E-state index contributed by atoms with van der Waals surface area (Å²) in [4.78, 5) is 11.0. The summed E-state index contributed by atoms with van der Waals surface area (Å²) in [5.41, 5.74) is 10.8. The average molecular weight is 706 g/mol. The first-order valence-electron chi connectivity index (χ1n) is 18.9. The molecule has 2 atom stereocenters. The van der Waals surface area contributed by atoms with Gasteiger partial charge in [0.25, 0.3) is 0 Å². The lowest BCUT2D eigenvalue weighted by Crippen LogP contribution is -2.38. The molecule has 4 nitrogen and oxygen atoms in total. The Morgan fingerprint density at radius 2 is 1.27 bits per heavy atom. The third-order valence-corrected chi connectivity index (χ3v) is 11.3. The van der Waals surface area contributed by atoms with Crippen molar-refractivity contribution in [1.82, 2.24) is 5.32 Å². The molecule has 1 aliphatic heterocycles. The summed E-state index contributed by atoms with van der Waals surface area (Å²) >= 11 is 0. The summed E-state index contributed by atoms with van der Waals surface area (Å²) < 4.78 is 6.52. The number of benzene rings is 8. The SMILES string of the molecule is C1=CC(C2=NC(c3c(-c4ccc5ccc6ccccc6c5c4)ccc4oc5ccccc5c34)=NC(c3ccc(-c4ccccc4)cc3)N2)Cc2ccccc21. The van der Waals surface area contributed by atoms with Crippen LogP contribution < -0.4 is 5.32 Å². The number of rotatable bonds is 5. The third-order valence-electron chi connectivity index (χ3n) is 11.3. The van der Waals surface area contributed by atoms with Crippen molar-refractivity contribution in [2.24, 2.45) is 15.9 Å². The molecule has 8 aromatic carbocycles. The van der Waals surface area contributed by atoms with Crippen molar-refractivity contribution < 1.29 is 4.42 Å². The largest absolute Gasteiger partial charge is 0.456 e. The van der Waals surface area contributed by atoms with Crippen LogP contribution >= 0.6 is 0 Å². The van der Waals surface area contributed by atoms with Crippen LogP contribution in [0.5, 0.6) is 0 Å². The van der Waals surface area contributed by atoms with Crippen molar-refractivity contribution in [3.63, 3.8) is 0 Å². The molecule has 0 spiro atoms. The number of fused-ring (bicyclic) bond motifs is 7. The van der Waals surface area contributed by atoms with Crippen molar-refractivity contribution >= 4 is 61.2 Å². The van der Waals surface area contributed by atoms with E-state index < -0.39 is 0 Å². The Bertz CT molecular complexity index is 3040. The minimum absolute atomic E-state index is 0.0577. The van der Waals surface area contributed by atoms with E-state index in [9.17, 15) is 0 Å². The first kappa shape index (κ1) is 31.5. The van der Waals surface area contributed by atoms with E-state index in [4.69, 9.17) is 14.4 Å². The van der Waals surface area contributed by atoms with Gasteiger partial charge in [-0.3, -0.25) is 0 Å². The Labute approximate surface area is 318 Å². The predicted octanol–water partition coefficient (Wildman–Crippen LogP) is 12.6. The summed E-state index contributed by atoms with van der Waals surface area (Å²) in [5.74, 6) is 1.67. The van der Waals surface area contributed by atoms with E-state index in [-0.39, 0.29) is 12.1 Å². The lowest BCUT2D eigenvalue weighted by atomic mass is 9.88. The van der Waals surface area contributed by atoms with Gasteiger partial charge in [0, 0.05) is 22.3 Å². The van der Waals surface area contributed by atoms with Gasteiger partial charge in [-0.2, -0.15) is 0 Å². The van der Waals surface area contributed by atoms with Gasteiger partial charge >= 0.3 is 0 Å². The van der Waals surface area contributed by atoms with Crippen molar-refractivity contribution in [3.05, 3.63) is 198 Å². The highest BCUT2D eigenvalue weighted by Crippen LogP contribution is 2.40. The van der Waals surface area contributed by atoms with Crippen LogP contribution in [0.4, 0.5) is 0 Å². The summed E-state index contributed by atoms with van der Waals surface area (Å²) in [6, 6.07) is 60.4. The fraction of sp³-hybridized carbons (Fsp3) is 0.0588. The number of nitrogens with zero attached hydrogens (tertiary/aromatic N) is 2. The number of nitrogens with one attached hydrogen (secondary N) is 1. The van der Waals surface area contributed by atoms with E-state index in [1.807, 2.05) is 12.1 Å². The number of para-hydroxylation sites is 1. The van der Waals surface area contributed by atoms with Crippen molar-refractivity contribution in [2.45, 2.75) is 12.6 Å². The van der Waals surface area contributed by atoms with Gasteiger partial charge in [0.1, 0.15) is 23.2 Å². The highest BCUT2D eigenvalue weighted by Gasteiger charge is 2.29. The smallest absolute Gasteiger partial charge is 0.160 e. The predicted molar refractivity (Wildman–Crippen MR) is 229 cm³/mol. The topological polar surface area (TPSA) is 49.9 Å². The molecule has 1 aromatic heterocycles. The number of hydrogen-bond acceptors (Lipinski definition) is 4. The molecule has 4 heteroatoms.